The topological polar surface area (TPSA) is 21.6 Å². The highest BCUT2D eigenvalue weighted by molar-refractivity contribution is 6.12. The molecule has 0 aromatic heterocycles. The monoisotopic (exact) mass is 323 g/mol. The smallest absolute Gasteiger partial charge is 0.130 e. The third-order valence-corrected chi connectivity index (χ3v) is 4.11. The van der Waals surface area contributed by atoms with Gasteiger partial charge in [-0.05, 0) is 54.8 Å². The van der Waals surface area contributed by atoms with E-state index in [2.05, 4.69) is 24.0 Å². The van der Waals surface area contributed by atoms with Gasteiger partial charge in [0.1, 0.15) is 11.6 Å². The second-order valence-electron chi connectivity index (χ2n) is 5.89. The second-order valence-corrected chi connectivity index (χ2v) is 5.89. The van der Waals surface area contributed by atoms with Crippen molar-refractivity contribution < 1.29 is 9.13 Å². The molecule has 3 heteroatoms. The van der Waals surface area contributed by atoms with E-state index in [4.69, 9.17) is 4.74 Å². The molecule has 2 aromatic rings. The van der Waals surface area contributed by atoms with Crippen molar-refractivity contribution >= 4 is 11.8 Å². The second kappa shape index (κ2) is 7.91. The van der Waals surface area contributed by atoms with Crippen molar-refractivity contribution in [1.29, 1.82) is 0 Å². The number of fused-ring (bicyclic) bond motifs is 1. The number of unbranched alkanes of at least 4 members (excludes halogenated alkanes) is 1. The Kier molecular flexibility index (Phi) is 5.42. The molecule has 0 aliphatic carbocycles. The van der Waals surface area contributed by atoms with Crippen molar-refractivity contribution in [2.75, 3.05) is 13.2 Å². The van der Waals surface area contributed by atoms with Crippen LogP contribution in [0.2, 0.25) is 0 Å². The van der Waals surface area contributed by atoms with E-state index in [-0.39, 0.29) is 5.82 Å². The Labute approximate surface area is 142 Å². The predicted molar refractivity (Wildman–Crippen MR) is 97.4 cm³/mol. The normalized spacial score (nSPS) is 13.7. The van der Waals surface area contributed by atoms with Crippen LogP contribution < -0.4 is 4.74 Å². The lowest BCUT2D eigenvalue weighted by atomic mass is 9.96. The van der Waals surface area contributed by atoms with Crippen LogP contribution in [0.1, 0.15) is 36.5 Å². The van der Waals surface area contributed by atoms with Crippen LogP contribution in [0.15, 0.2) is 53.5 Å². The minimum atomic E-state index is -0.218. The molecule has 0 fully saturated rings. The Hall–Kier alpha value is -2.42. The highest BCUT2D eigenvalue weighted by Gasteiger charge is 2.13. The van der Waals surface area contributed by atoms with E-state index < -0.39 is 0 Å². The number of hydrogen-bond acceptors (Lipinski definition) is 2. The zero-order chi connectivity index (χ0) is 16.8. The Morgan fingerprint density at radius 1 is 1.17 bits per heavy atom. The van der Waals surface area contributed by atoms with Crippen LogP contribution in [0.3, 0.4) is 0 Å². The molecule has 1 aliphatic rings. The standard InChI is InChI=1S/C21H22FNO/c1-2-3-14-24-18-9-10-19-17(15-18)12-13-23-21(19)11-8-16-6-4-5-7-20(16)22/h4-11,15H,2-3,12-14H2,1H3/b11-8+. The van der Waals surface area contributed by atoms with Gasteiger partial charge in [-0.15, -0.1) is 0 Å². The molecule has 0 saturated heterocycles. The van der Waals surface area contributed by atoms with Gasteiger partial charge in [0, 0.05) is 17.7 Å². The number of aliphatic imine (C=N–C) groups is 1. The molecule has 2 aromatic carbocycles. The van der Waals surface area contributed by atoms with E-state index >= 15 is 0 Å². The van der Waals surface area contributed by atoms with Crippen molar-refractivity contribution in [1.82, 2.24) is 0 Å². The number of ether oxygens (including phenoxy) is 1. The number of nitrogens with zero attached hydrogens (tertiary/aromatic N) is 1. The molecule has 0 N–H and O–H groups in total. The van der Waals surface area contributed by atoms with Crippen LogP contribution in [-0.4, -0.2) is 18.9 Å². The van der Waals surface area contributed by atoms with Crippen molar-refractivity contribution in [3.8, 4) is 5.75 Å². The fourth-order valence-corrected chi connectivity index (χ4v) is 2.75. The minimum Gasteiger partial charge on any atom is -0.494 e. The summed E-state index contributed by atoms with van der Waals surface area (Å²) >= 11 is 0. The highest BCUT2D eigenvalue weighted by atomic mass is 19.1. The van der Waals surface area contributed by atoms with E-state index in [1.54, 1.807) is 18.2 Å². The lowest BCUT2D eigenvalue weighted by Gasteiger charge is -2.16. The largest absolute Gasteiger partial charge is 0.494 e. The fourth-order valence-electron chi connectivity index (χ4n) is 2.75. The van der Waals surface area contributed by atoms with E-state index in [9.17, 15) is 4.39 Å². The SMILES string of the molecule is CCCCOc1ccc2c(c1)CCN=C2/C=C/c1ccccc1F. The summed E-state index contributed by atoms with van der Waals surface area (Å²) in [4.78, 5) is 4.59. The molecule has 1 aliphatic heterocycles. The first kappa shape index (κ1) is 16.4. The van der Waals surface area contributed by atoms with Crippen LogP contribution in [0.4, 0.5) is 4.39 Å². The summed E-state index contributed by atoms with van der Waals surface area (Å²) in [5.41, 5.74) is 3.83. The third-order valence-electron chi connectivity index (χ3n) is 4.11. The molecule has 0 bridgehead atoms. The van der Waals surface area contributed by atoms with Crippen molar-refractivity contribution in [3.63, 3.8) is 0 Å². The van der Waals surface area contributed by atoms with Gasteiger partial charge < -0.3 is 4.74 Å². The fraction of sp³-hybridized carbons (Fsp3) is 0.286. The Bertz CT molecular complexity index is 764. The van der Waals surface area contributed by atoms with E-state index in [0.29, 0.717) is 5.56 Å². The van der Waals surface area contributed by atoms with Gasteiger partial charge in [0.25, 0.3) is 0 Å². The lowest BCUT2D eigenvalue weighted by Crippen LogP contribution is -2.11. The lowest BCUT2D eigenvalue weighted by molar-refractivity contribution is 0.309. The van der Waals surface area contributed by atoms with E-state index in [0.717, 1.165) is 49.4 Å². The molecule has 124 valence electrons. The van der Waals surface area contributed by atoms with Crippen molar-refractivity contribution in [2.45, 2.75) is 26.2 Å². The van der Waals surface area contributed by atoms with Crippen LogP contribution >= 0.6 is 0 Å². The van der Waals surface area contributed by atoms with E-state index in [1.807, 2.05) is 18.2 Å². The Balaban J connectivity index is 1.78. The maximum absolute atomic E-state index is 13.7. The molecule has 3 rings (SSSR count). The Morgan fingerprint density at radius 3 is 2.88 bits per heavy atom. The van der Waals surface area contributed by atoms with Crippen molar-refractivity contribution in [3.05, 3.63) is 71.0 Å². The molecule has 24 heavy (non-hydrogen) atoms. The maximum atomic E-state index is 13.7. The summed E-state index contributed by atoms with van der Waals surface area (Å²) < 4.78 is 19.5. The summed E-state index contributed by atoms with van der Waals surface area (Å²) in [5, 5.41) is 0. The molecule has 0 saturated carbocycles. The van der Waals surface area contributed by atoms with Crippen LogP contribution in [0, 0.1) is 5.82 Å². The summed E-state index contributed by atoms with van der Waals surface area (Å²) in [6.07, 6.45) is 6.79. The summed E-state index contributed by atoms with van der Waals surface area (Å²) in [6.45, 7) is 3.66. The van der Waals surface area contributed by atoms with Crippen LogP contribution in [-0.2, 0) is 6.42 Å². The van der Waals surface area contributed by atoms with Gasteiger partial charge in [0.2, 0.25) is 0 Å². The molecule has 2 nitrogen and oxygen atoms in total. The van der Waals surface area contributed by atoms with Gasteiger partial charge in [0.05, 0.1) is 12.3 Å². The quantitative estimate of drug-likeness (QED) is 0.681. The summed E-state index contributed by atoms with van der Waals surface area (Å²) in [7, 11) is 0. The van der Waals surface area contributed by atoms with E-state index in [1.165, 1.54) is 11.6 Å². The van der Waals surface area contributed by atoms with Gasteiger partial charge in [0.15, 0.2) is 0 Å². The number of allylic oxidation sites excluding steroid dienone is 1. The van der Waals surface area contributed by atoms with Gasteiger partial charge in [-0.2, -0.15) is 0 Å². The first-order chi connectivity index (χ1) is 11.8. The minimum absolute atomic E-state index is 0.218. The van der Waals surface area contributed by atoms with Gasteiger partial charge in [-0.1, -0.05) is 31.5 Å². The first-order valence-corrected chi connectivity index (χ1v) is 8.51. The number of halogens is 1. The molecule has 0 radical (unpaired) electrons. The summed E-state index contributed by atoms with van der Waals surface area (Å²) in [6, 6.07) is 12.9. The number of rotatable bonds is 6. The van der Waals surface area contributed by atoms with Gasteiger partial charge in [-0.25, -0.2) is 4.39 Å². The Morgan fingerprint density at radius 2 is 2.04 bits per heavy atom. The predicted octanol–water partition coefficient (Wildman–Crippen LogP) is 5.06. The average molecular weight is 323 g/mol. The zero-order valence-corrected chi connectivity index (χ0v) is 14.0. The average Bonchev–Trinajstić information content (AvgIpc) is 2.61. The molecule has 0 spiro atoms. The van der Waals surface area contributed by atoms with Crippen molar-refractivity contribution in [2.24, 2.45) is 4.99 Å². The third kappa shape index (κ3) is 3.91. The number of hydrogen-bond donors (Lipinski definition) is 0. The molecule has 0 amide bonds. The molecular formula is C21H22FNO. The molecule has 0 atom stereocenters. The number of benzene rings is 2. The maximum Gasteiger partial charge on any atom is 0.130 e. The summed E-state index contributed by atoms with van der Waals surface area (Å²) in [5.74, 6) is 0.701. The first-order valence-electron chi connectivity index (χ1n) is 8.51. The van der Waals surface area contributed by atoms with Gasteiger partial charge >= 0.3 is 0 Å². The molecular weight excluding hydrogens is 301 g/mol. The molecule has 0 unspecified atom stereocenters. The highest BCUT2D eigenvalue weighted by Crippen LogP contribution is 2.23. The van der Waals surface area contributed by atoms with Crippen LogP contribution in [0.25, 0.3) is 6.08 Å². The van der Waals surface area contributed by atoms with Gasteiger partial charge in [-0.3, -0.25) is 4.99 Å². The zero-order valence-electron chi connectivity index (χ0n) is 14.0. The van der Waals surface area contributed by atoms with Crippen LogP contribution in [0.5, 0.6) is 5.75 Å². The molecule has 1 heterocycles.